The third-order valence-electron chi connectivity index (χ3n) is 6.89. The lowest BCUT2D eigenvalue weighted by molar-refractivity contribution is 0.0270. The topological polar surface area (TPSA) is 148 Å². The molecule has 0 unspecified atom stereocenters. The first-order chi connectivity index (χ1) is 18.6. The molecule has 2 aromatic heterocycles. The van der Waals surface area contributed by atoms with Gasteiger partial charge in [0.25, 0.3) is 15.9 Å². The number of aromatic nitrogens is 2. The van der Waals surface area contributed by atoms with Crippen LogP contribution in [0.25, 0.3) is 5.57 Å². The first-order valence-corrected chi connectivity index (χ1v) is 14.8. The molecule has 4 heterocycles. The Balaban J connectivity index is 0.00000308. The number of rotatable bonds is 5. The maximum absolute atomic E-state index is 13.4. The number of sulfonamides is 1. The number of amides is 2. The van der Waals surface area contributed by atoms with E-state index in [9.17, 15) is 18.0 Å². The number of ether oxygens (including phenoxy) is 1. The van der Waals surface area contributed by atoms with Gasteiger partial charge in [0, 0.05) is 28.0 Å². The second-order valence-corrected chi connectivity index (χ2v) is 13.7. The Labute approximate surface area is 238 Å². The van der Waals surface area contributed by atoms with Crippen LogP contribution >= 0.6 is 0 Å². The van der Waals surface area contributed by atoms with Crippen LogP contribution in [-0.4, -0.2) is 66.1 Å². The van der Waals surface area contributed by atoms with E-state index in [1.165, 1.54) is 18.2 Å². The van der Waals surface area contributed by atoms with Crippen molar-refractivity contribution in [3.63, 3.8) is 0 Å². The Kier molecular flexibility index (Phi) is 7.85. The molecule has 2 aliphatic rings. The number of hydrogen-bond donors (Lipinski definition) is 2. The Morgan fingerprint density at radius 1 is 1.18 bits per heavy atom. The Hall–Kier alpha value is -3.67. The van der Waals surface area contributed by atoms with Gasteiger partial charge in [-0.05, 0) is 83.2 Å². The van der Waals surface area contributed by atoms with Crippen molar-refractivity contribution in [3.05, 3.63) is 47.7 Å². The van der Waals surface area contributed by atoms with E-state index in [0.29, 0.717) is 43.5 Å². The monoisotopic (exact) mass is 574 g/mol. The van der Waals surface area contributed by atoms with E-state index in [2.05, 4.69) is 35.4 Å². The highest BCUT2D eigenvalue weighted by Crippen LogP contribution is 2.38. The van der Waals surface area contributed by atoms with Gasteiger partial charge in [-0.2, -0.15) is 8.42 Å². The van der Waals surface area contributed by atoms with Gasteiger partial charge >= 0.3 is 6.09 Å². The molecular weight excluding hydrogens is 532 g/mol. The van der Waals surface area contributed by atoms with Crippen molar-refractivity contribution in [2.45, 2.75) is 70.6 Å². The zero-order valence-corrected chi connectivity index (χ0v) is 24.7. The van der Waals surface area contributed by atoms with Gasteiger partial charge in [-0.15, -0.1) is 0 Å². The van der Waals surface area contributed by atoms with Crippen molar-refractivity contribution in [3.8, 4) is 0 Å². The molecule has 4 rings (SSSR count). The molecule has 0 bridgehead atoms. The Morgan fingerprint density at radius 2 is 1.90 bits per heavy atom. The molecule has 0 radical (unpaired) electrons. The molecule has 2 aromatic rings. The van der Waals surface area contributed by atoms with Crippen LogP contribution in [0.4, 0.5) is 16.4 Å². The van der Waals surface area contributed by atoms with Crippen molar-refractivity contribution >= 4 is 39.2 Å². The summed E-state index contributed by atoms with van der Waals surface area (Å²) in [4.78, 5) is 38.4. The van der Waals surface area contributed by atoms with Gasteiger partial charge in [0.15, 0.2) is 5.03 Å². The fourth-order valence-corrected chi connectivity index (χ4v) is 6.12. The van der Waals surface area contributed by atoms with Crippen LogP contribution in [0.1, 0.15) is 73.3 Å². The molecule has 0 aromatic carbocycles. The minimum absolute atomic E-state index is 0. The number of nitrogens with one attached hydrogen (secondary N) is 1. The largest absolute Gasteiger partial charge is 0.444 e. The summed E-state index contributed by atoms with van der Waals surface area (Å²) in [5, 5.41) is -0.344. The molecule has 2 aliphatic heterocycles. The average molecular weight is 575 g/mol. The van der Waals surface area contributed by atoms with E-state index in [4.69, 9.17) is 15.5 Å². The van der Waals surface area contributed by atoms with E-state index >= 15 is 0 Å². The van der Waals surface area contributed by atoms with Gasteiger partial charge in [-0.25, -0.2) is 19.5 Å². The fourth-order valence-electron chi connectivity index (χ4n) is 5.17. The summed E-state index contributed by atoms with van der Waals surface area (Å²) in [5.41, 5.74) is 6.52. The van der Waals surface area contributed by atoms with Crippen LogP contribution in [0, 0.1) is 5.92 Å². The van der Waals surface area contributed by atoms with Crippen LogP contribution in [0.3, 0.4) is 0 Å². The molecule has 0 spiro atoms. The smallest absolute Gasteiger partial charge is 0.410 e. The highest BCUT2D eigenvalue weighted by molar-refractivity contribution is 7.90. The highest BCUT2D eigenvalue weighted by atomic mass is 32.2. The summed E-state index contributed by atoms with van der Waals surface area (Å²) in [6.45, 7) is 13.3. The van der Waals surface area contributed by atoms with Crippen molar-refractivity contribution in [1.82, 2.24) is 19.6 Å². The van der Waals surface area contributed by atoms with Crippen molar-refractivity contribution in [1.29, 1.82) is 0 Å². The zero-order chi connectivity index (χ0) is 29.5. The molecule has 11 nitrogen and oxygen atoms in total. The summed E-state index contributed by atoms with van der Waals surface area (Å²) >= 11 is 0. The van der Waals surface area contributed by atoms with Crippen LogP contribution in [0.5, 0.6) is 0 Å². The van der Waals surface area contributed by atoms with E-state index in [-0.39, 0.29) is 30.9 Å². The van der Waals surface area contributed by atoms with Crippen LogP contribution in [0.15, 0.2) is 41.4 Å². The van der Waals surface area contributed by atoms with E-state index in [0.717, 1.165) is 12.0 Å². The van der Waals surface area contributed by atoms with Crippen LogP contribution < -0.4 is 15.4 Å². The standard InChI is InChI=1S/C28H38N6O5S.2H2/c1-18-16-28(5,6)34(17-18)24-20(25(35)32-40(37,38)23-9-7-8-22(29)31-23)10-11-21(30-24)19-12-14-33(15-13-19)26(36)39-27(2,3)4;;/h7-12,18H,13-17H2,1-6H3,(H2,29,31)(H,32,35);2*1H/t18-;;/m0../s1. The molecule has 40 heavy (non-hydrogen) atoms. The number of carbonyl (C=O) groups is 2. The molecule has 1 saturated heterocycles. The van der Waals surface area contributed by atoms with Crippen molar-refractivity contribution < 1.29 is 25.6 Å². The maximum atomic E-state index is 13.4. The summed E-state index contributed by atoms with van der Waals surface area (Å²) in [7, 11) is -4.27. The minimum atomic E-state index is -4.27. The molecular formula is C28H42N6O5S. The number of anilines is 2. The maximum Gasteiger partial charge on any atom is 0.410 e. The van der Waals surface area contributed by atoms with Gasteiger partial charge < -0.3 is 20.3 Å². The molecule has 1 fully saturated rings. The Bertz CT molecular complexity index is 1460. The van der Waals surface area contributed by atoms with Gasteiger partial charge in [-0.3, -0.25) is 4.79 Å². The normalized spacial score (nSPS) is 19.2. The molecule has 2 amide bonds. The third kappa shape index (κ3) is 6.55. The van der Waals surface area contributed by atoms with Gasteiger partial charge in [0.05, 0.1) is 11.3 Å². The van der Waals surface area contributed by atoms with Crippen LogP contribution in [0.2, 0.25) is 0 Å². The number of hydrogen-bond acceptors (Lipinski definition) is 9. The SMILES string of the molecule is C[C@@H]1CN(c2nc(C3=CCN(C(=O)OC(C)(C)C)CC3)ccc2C(=O)NS(=O)(=O)c2cccc(N)n2)C(C)(C)C1.[HH].[HH]. The molecule has 3 N–H and O–H groups in total. The lowest BCUT2D eigenvalue weighted by Gasteiger charge is -2.34. The molecule has 12 heteroatoms. The lowest BCUT2D eigenvalue weighted by Crippen LogP contribution is -2.41. The first kappa shape index (κ1) is 29.3. The zero-order valence-electron chi connectivity index (χ0n) is 23.9. The van der Waals surface area contributed by atoms with Gasteiger partial charge in [-0.1, -0.05) is 19.1 Å². The predicted molar refractivity (Wildman–Crippen MR) is 157 cm³/mol. The number of pyridine rings is 2. The summed E-state index contributed by atoms with van der Waals surface area (Å²) in [5.74, 6) is -0.00777. The van der Waals surface area contributed by atoms with E-state index in [1.54, 1.807) is 17.0 Å². The number of carbonyl (C=O) groups excluding carboxylic acids is 2. The highest BCUT2D eigenvalue weighted by Gasteiger charge is 2.39. The first-order valence-electron chi connectivity index (χ1n) is 13.3. The average Bonchev–Trinajstić information content (AvgIpc) is 3.14. The summed E-state index contributed by atoms with van der Waals surface area (Å²) in [6.07, 6.45) is 3.02. The molecule has 1 atom stereocenters. The number of nitrogens with zero attached hydrogens (tertiary/aromatic N) is 4. The number of nitrogens with two attached hydrogens (primary N) is 1. The summed E-state index contributed by atoms with van der Waals surface area (Å²) in [6, 6.07) is 7.51. The number of nitrogen functional groups attached to an aromatic ring is 1. The van der Waals surface area contributed by atoms with E-state index < -0.39 is 21.5 Å². The second-order valence-electron chi connectivity index (χ2n) is 12.0. The van der Waals surface area contributed by atoms with E-state index in [1.807, 2.05) is 26.8 Å². The molecule has 220 valence electrons. The van der Waals surface area contributed by atoms with Gasteiger partial charge in [0.1, 0.15) is 17.2 Å². The van der Waals surface area contributed by atoms with Crippen molar-refractivity contribution in [2.75, 3.05) is 30.3 Å². The second kappa shape index (κ2) is 10.7. The van der Waals surface area contributed by atoms with Crippen molar-refractivity contribution in [2.24, 2.45) is 5.92 Å². The molecule has 0 aliphatic carbocycles. The quantitative estimate of drug-likeness (QED) is 0.533. The van der Waals surface area contributed by atoms with Gasteiger partial charge in [0.2, 0.25) is 0 Å². The Morgan fingerprint density at radius 3 is 2.48 bits per heavy atom. The lowest BCUT2D eigenvalue weighted by atomic mass is 9.97. The predicted octanol–water partition coefficient (Wildman–Crippen LogP) is 4.32. The molecule has 0 saturated carbocycles. The summed E-state index contributed by atoms with van der Waals surface area (Å²) < 4.78 is 33.5. The van der Waals surface area contributed by atoms with Crippen LogP contribution in [-0.2, 0) is 14.8 Å². The fraction of sp³-hybridized carbons (Fsp3) is 0.500. The minimum Gasteiger partial charge on any atom is -0.444 e. The third-order valence-corrected chi connectivity index (χ3v) is 8.12.